The minimum atomic E-state index is -1.81. The summed E-state index contributed by atoms with van der Waals surface area (Å²) in [4.78, 5) is 3.80. The van der Waals surface area contributed by atoms with Crippen LogP contribution in [-0.4, -0.2) is 35.8 Å². The van der Waals surface area contributed by atoms with E-state index in [-0.39, 0.29) is 12.1 Å². The van der Waals surface area contributed by atoms with Gasteiger partial charge < -0.3 is 5.11 Å². The van der Waals surface area contributed by atoms with Crippen LogP contribution in [0.1, 0.15) is 12.5 Å². The molecule has 21 heavy (non-hydrogen) atoms. The van der Waals surface area contributed by atoms with Crippen LogP contribution in [0.3, 0.4) is 0 Å². The molecule has 1 aromatic rings. The molecular formula is C14H14F2N4O. The fraction of sp³-hybridized carbons (Fsp3) is 0.357. The zero-order valence-corrected chi connectivity index (χ0v) is 11.4. The zero-order valence-electron chi connectivity index (χ0n) is 11.4. The van der Waals surface area contributed by atoms with Crippen LogP contribution in [0.25, 0.3) is 0 Å². The van der Waals surface area contributed by atoms with Crippen molar-refractivity contribution < 1.29 is 13.9 Å². The molecule has 1 N–H and O–H groups in total. The van der Waals surface area contributed by atoms with E-state index in [9.17, 15) is 13.9 Å². The quantitative estimate of drug-likeness (QED) is 0.917. The Morgan fingerprint density at radius 3 is 2.86 bits per heavy atom. The summed E-state index contributed by atoms with van der Waals surface area (Å²) in [6, 6.07) is 4.80. The predicted octanol–water partition coefficient (Wildman–Crippen LogP) is 1.64. The molecule has 0 amide bonds. The van der Waals surface area contributed by atoms with Gasteiger partial charge in [0, 0.05) is 17.8 Å². The molecule has 0 radical (unpaired) electrons. The van der Waals surface area contributed by atoms with Crippen LogP contribution in [0.4, 0.5) is 8.78 Å². The van der Waals surface area contributed by atoms with Crippen LogP contribution >= 0.6 is 0 Å². The summed E-state index contributed by atoms with van der Waals surface area (Å²) in [5.74, 6) is -2.55. The smallest absolute Gasteiger partial charge is 0.135 e. The summed E-state index contributed by atoms with van der Waals surface area (Å²) < 4.78 is 27.0. The molecular weight excluding hydrogens is 278 g/mol. The SMILES string of the molecule is C[C@@H](C#N)[C@@](O)(CN1CC=NC=N1)c1ccc(F)cc1F. The molecule has 0 bridgehead atoms. The first kappa shape index (κ1) is 15.1. The van der Waals surface area contributed by atoms with Crippen molar-refractivity contribution >= 4 is 12.6 Å². The highest BCUT2D eigenvalue weighted by atomic mass is 19.1. The average Bonchev–Trinajstić information content (AvgIpc) is 2.47. The molecule has 2 atom stereocenters. The predicted molar refractivity (Wildman–Crippen MR) is 73.6 cm³/mol. The number of nitrogens with zero attached hydrogens (tertiary/aromatic N) is 4. The molecule has 5 nitrogen and oxygen atoms in total. The third-order valence-electron chi connectivity index (χ3n) is 3.41. The van der Waals surface area contributed by atoms with Crippen molar-refractivity contribution in [1.29, 1.82) is 5.26 Å². The van der Waals surface area contributed by atoms with Gasteiger partial charge in [-0.25, -0.2) is 13.8 Å². The number of aliphatic hydroxyl groups is 1. The van der Waals surface area contributed by atoms with Crippen molar-refractivity contribution in [2.24, 2.45) is 16.0 Å². The standard InChI is InChI=1S/C14H14F2N4O/c1-10(7-17)14(21,8-20-5-4-18-9-19-20)12-3-2-11(15)6-13(12)16/h2-4,6,9-10,21H,5,8H2,1H3/t10-,14-/m0/s1. The van der Waals surface area contributed by atoms with Crippen LogP contribution in [-0.2, 0) is 5.60 Å². The second-order valence-corrected chi connectivity index (χ2v) is 4.81. The summed E-state index contributed by atoms with van der Waals surface area (Å²) in [6.45, 7) is 1.71. The van der Waals surface area contributed by atoms with E-state index in [0.717, 1.165) is 12.1 Å². The molecule has 1 aliphatic heterocycles. The Hall–Kier alpha value is -2.33. The van der Waals surface area contributed by atoms with Gasteiger partial charge in [0.2, 0.25) is 0 Å². The van der Waals surface area contributed by atoms with Crippen LogP contribution in [0.5, 0.6) is 0 Å². The maximum absolute atomic E-state index is 14.0. The normalized spacial score (nSPS) is 18.1. The number of hydrogen-bond donors (Lipinski definition) is 1. The highest BCUT2D eigenvalue weighted by Gasteiger charge is 2.40. The average molecular weight is 292 g/mol. The van der Waals surface area contributed by atoms with Gasteiger partial charge in [0.1, 0.15) is 23.6 Å². The number of hydrazone groups is 1. The summed E-state index contributed by atoms with van der Waals surface area (Å²) in [5.41, 5.74) is -1.94. The second kappa shape index (κ2) is 5.97. The van der Waals surface area contributed by atoms with E-state index in [1.807, 2.05) is 6.07 Å². The summed E-state index contributed by atoms with van der Waals surface area (Å²) >= 11 is 0. The number of aliphatic imine (C=N–C) groups is 1. The van der Waals surface area contributed by atoms with Crippen molar-refractivity contribution in [2.45, 2.75) is 12.5 Å². The molecule has 1 aliphatic rings. The molecule has 0 unspecified atom stereocenters. The van der Waals surface area contributed by atoms with Gasteiger partial charge in [0.05, 0.1) is 25.1 Å². The number of β-amino-alcohol motifs (C(OH)–C–C–N with tert-alkyl or cyclic N) is 1. The molecule has 0 saturated carbocycles. The van der Waals surface area contributed by atoms with Gasteiger partial charge in [-0.15, -0.1) is 0 Å². The molecule has 2 rings (SSSR count). The monoisotopic (exact) mass is 292 g/mol. The lowest BCUT2D eigenvalue weighted by atomic mass is 9.82. The Labute approximate surface area is 120 Å². The molecule has 7 heteroatoms. The van der Waals surface area contributed by atoms with Gasteiger partial charge in [0.15, 0.2) is 0 Å². The second-order valence-electron chi connectivity index (χ2n) is 4.81. The highest BCUT2D eigenvalue weighted by molar-refractivity contribution is 5.75. The van der Waals surface area contributed by atoms with Crippen molar-refractivity contribution in [3.63, 3.8) is 0 Å². The van der Waals surface area contributed by atoms with E-state index in [1.54, 1.807) is 6.21 Å². The molecule has 0 aliphatic carbocycles. The number of rotatable bonds is 4. The van der Waals surface area contributed by atoms with Crippen molar-refractivity contribution in [2.75, 3.05) is 13.1 Å². The Bertz CT molecular complexity index is 626. The van der Waals surface area contributed by atoms with Crippen molar-refractivity contribution in [1.82, 2.24) is 5.01 Å². The lowest BCUT2D eigenvalue weighted by Gasteiger charge is -2.35. The highest BCUT2D eigenvalue weighted by Crippen LogP contribution is 2.33. The number of benzene rings is 1. The van der Waals surface area contributed by atoms with E-state index in [0.29, 0.717) is 12.6 Å². The van der Waals surface area contributed by atoms with Gasteiger partial charge >= 0.3 is 0 Å². The van der Waals surface area contributed by atoms with E-state index in [2.05, 4.69) is 10.1 Å². The Balaban J connectivity index is 2.39. The summed E-state index contributed by atoms with van der Waals surface area (Å²) in [5, 5.41) is 25.4. The number of halogens is 2. The molecule has 0 saturated heterocycles. The Morgan fingerprint density at radius 1 is 1.52 bits per heavy atom. The van der Waals surface area contributed by atoms with Gasteiger partial charge in [-0.3, -0.25) is 5.01 Å². The topological polar surface area (TPSA) is 72.0 Å². The maximum Gasteiger partial charge on any atom is 0.135 e. The molecule has 110 valence electrons. The first-order valence-electron chi connectivity index (χ1n) is 6.34. The maximum atomic E-state index is 14.0. The van der Waals surface area contributed by atoms with Crippen molar-refractivity contribution in [3.8, 4) is 6.07 Å². The van der Waals surface area contributed by atoms with Crippen LogP contribution in [0.2, 0.25) is 0 Å². The summed E-state index contributed by atoms with van der Waals surface area (Å²) in [7, 11) is 0. The van der Waals surface area contributed by atoms with E-state index in [1.165, 1.54) is 18.3 Å². The zero-order chi connectivity index (χ0) is 15.5. The lowest BCUT2D eigenvalue weighted by Crippen LogP contribution is -2.45. The first-order chi connectivity index (χ1) is 9.97. The summed E-state index contributed by atoms with van der Waals surface area (Å²) in [6.07, 6.45) is 2.87. The molecule has 0 fully saturated rings. The van der Waals surface area contributed by atoms with Gasteiger partial charge in [-0.05, 0) is 13.0 Å². The molecule has 0 spiro atoms. The van der Waals surface area contributed by atoms with Crippen LogP contribution in [0.15, 0.2) is 28.3 Å². The van der Waals surface area contributed by atoms with Gasteiger partial charge in [-0.1, -0.05) is 6.07 Å². The molecule has 0 aromatic heterocycles. The van der Waals surface area contributed by atoms with Gasteiger partial charge in [-0.2, -0.15) is 10.4 Å². The van der Waals surface area contributed by atoms with Crippen molar-refractivity contribution in [3.05, 3.63) is 35.4 Å². The minimum Gasteiger partial charge on any atom is -0.382 e. The van der Waals surface area contributed by atoms with Crippen LogP contribution < -0.4 is 0 Å². The van der Waals surface area contributed by atoms with Crippen LogP contribution in [0, 0.1) is 28.9 Å². The number of hydrogen-bond acceptors (Lipinski definition) is 5. The molecule has 1 aromatic carbocycles. The Morgan fingerprint density at radius 2 is 2.29 bits per heavy atom. The fourth-order valence-electron chi connectivity index (χ4n) is 2.12. The molecule has 1 heterocycles. The third kappa shape index (κ3) is 3.06. The largest absolute Gasteiger partial charge is 0.382 e. The lowest BCUT2D eigenvalue weighted by molar-refractivity contribution is -0.0281. The fourth-order valence-corrected chi connectivity index (χ4v) is 2.12. The minimum absolute atomic E-state index is 0.104. The first-order valence-corrected chi connectivity index (χ1v) is 6.34. The van der Waals surface area contributed by atoms with E-state index < -0.39 is 23.2 Å². The van der Waals surface area contributed by atoms with E-state index >= 15 is 0 Å². The Kier molecular flexibility index (Phi) is 4.29. The number of nitriles is 1. The third-order valence-corrected chi connectivity index (χ3v) is 3.41. The van der Waals surface area contributed by atoms with Gasteiger partial charge in [0.25, 0.3) is 0 Å². The van der Waals surface area contributed by atoms with E-state index in [4.69, 9.17) is 5.26 Å².